The number of methoxy groups -OCH3 is 2. The summed E-state index contributed by atoms with van der Waals surface area (Å²) in [6, 6.07) is 2.16. The second-order valence-corrected chi connectivity index (χ2v) is 5.75. The summed E-state index contributed by atoms with van der Waals surface area (Å²) in [5, 5.41) is 0. The fourth-order valence-corrected chi connectivity index (χ4v) is 3.62. The molecule has 2 rings (SSSR count). The van der Waals surface area contributed by atoms with Crippen LogP contribution < -0.4 is 15.2 Å². The van der Waals surface area contributed by atoms with E-state index in [9.17, 15) is 0 Å². The predicted octanol–water partition coefficient (Wildman–Crippen LogP) is 3.16. The van der Waals surface area contributed by atoms with Gasteiger partial charge in [-0.3, -0.25) is 0 Å². The molecule has 1 saturated carbocycles. The van der Waals surface area contributed by atoms with Crippen LogP contribution in [0, 0.1) is 6.92 Å². The number of hydrogen-bond donors (Lipinski definition) is 1. The van der Waals surface area contributed by atoms with Crippen molar-refractivity contribution in [1.29, 1.82) is 0 Å². The van der Waals surface area contributed by atoms with Crippen LogP contribution in [-0.4, -0.2) is 20.8 Å². The number of halogens is 1. The molecule has 0 amide bonds. The summed E-state index contributed by atoms with van der Waals surface area (Å²) in [7, 11) is 3.37. The molecule has 1 aromatic carbocycles. The topological polar surface area (TPSA) is 44.5 Å². The van der Waals surface area contributed by atoms with Gasteiger partial charge in [0.2, 0.25) is 0 Å². The standard InChI is InChI=1S/C14H20BrNO2/c1-9-7-10(14(8-16)5-4-6-14)13(18-3)11(15)12(9)17-2/h7H,4-6,8,16H2,1-3H3. The van der Waals surface area contributed by atoms with Crippen LogP contribution >= 0.6 is 15.9 Å². The Morgan fingerprint density at radius 3 is 2.28 bits per heavy atom. The largest absolute Gasteiger partial charge is 0.495 e. The van der Waals surface area contributed by atoms with E-state index in [1.807, 2.05) is 0 Å². The number of aryl methyl sites for hydroxylation is 1. The van der Waals surface area contributed by atoms with Gasteiger partial charge in [0.25, 0.3) is 0 Å². The normalized spacial score (nSPS) is 17.2. The Bertz CT molecular complexity index is 450. The highest BCUT2D eigenvalue weighted by molar-refractivity contribution is 9.10. The summed E-state index contributed by atoms with van der Waals surface area (Å²) in [4.78, 5) is 0. The number of nitrogens with two attached hydrogens (primary N) is 1. The molecule has 0 spiro atoms. The summed E-state index contributed by atoms with van der Waals surface area (Å²) >= 11 is 3.59. The number of ether oxygens (including phenoxy) is 2. The number of hydrogen-bond acceptors (Lipinski definition) is 3. The molecule has 1 fully saturated rings. The number of benzene rings is 1. The van der Waals surface area contributed by atoms with Gasteiger partial charge < -0.3 is 15.2 Å². The van der Waals surface area contributed by atoms with E-state index >= 15 is 0 Å². The van der Waals surface area contributed by atoms with Crippen molar-refractivity contribution in [1.82, 2.24) is 0 Å². The Morgan fingerprint density at radius 1 is 1.28 bits per heavy atom. The first-order valence-electron chi connectivity index (χ1n) is 6.21. The molecular formula is C14H20BrNO2. The molecule has 0 atom stereocenters. The average molecular weight is 314 g/mol. The van der Waals surface area contributed by atoms with E-state index in [1.165, 1.54) is 12.0 Å². The third-order valence-electron chi connectivity index (χ3n) is 4.04. The second-order valence-electron chi connectivity index (χ2n) is 4.96. The van der Waals surface area contributed by atoms with Gasteiger partial charge in [0.1, 0.15) is 16.0 Å². The van der Waals surface area contributed by atoms with Crippen molar-refractivity contribution in [2.75, 3.05) is 20.8 Å². The van der Waals surface area contributed by atoms with Crippen molar-refractivity contribution in [2.45, 2.75) is 31.6 Å². The van der Waals surface area contributed by atoms with Crippen molar-refractivity contribution in [3.8, 4) is 11.5 Å². The van der Waals surface area contributed by atoms with Crippen molar-refractivity contribution < 1.29 is 9.47 Å². The quantitative estimate of drug-likeness (QED) is 0.928. The fourth-order valence-electron chi connectivity index (χ4n) is 2.77. The molecule has 1 aromatic rings. The molecule has 100 valence electrons. The highest BCUT2D eigenvalue weighted by Gasteiger charge is 2.40. The molecule has 0 aromatic heterocycles. The molecule has 0 heterocycles. The van der Waals surface area contributed by atoms with Crippen LogP contribution in [0.25, 0.3) is 0 Å². The van der Waals surface area contributed by atoms with Gasteiger partial charge in [0.15, 0.2) is 0 Å². The first-order valence-corrected chi connectivity index (χ1v) is 7.00. The Kier molecular flexibility index (Phi) is 3.87. The molecule has 0 unspecified atom stereocenters. The molecule has 4 heteroatoms. The van der Waals surface area contributed by atoms with Crippen molar-refractivity contribution >= 4 is 15.9 Å². The monoisotopic (exact) mass is 313 g/mol. The molecule has 0 saturated heterocycles. The van der Waals surface area contributed by atoms with Crippen LogP contribution in [0.5, 0.6) is 11.5 Å². The molecule has 0 bridgehead atoms. The minimum atomic E-state index is 0.0882. The van der Waals surface area contributed by atoms with Crippen LogP contribution in [0.4, 0.5) is 0 Å². The van der Waals surface area contributed by atoms with Crippen LogP contribution in [0.3, 0.4) is 0 Å². The van der Waals surface area contributed by atoms with Gasteiger partial charge in [-0.2, -0.15) is 0 Å². The predicted molar refractivity (Wildman–Crippen MR) is 76.6 cm³/mol. The van der Waals surface area contributed by atoms with E-state index in [1.54, 1.807) is 14.2 Å². The van der Waals surface area contributed by atoms with E-state index < -0.39 is 0 Å². The minimum absolute atomic E-state index is 0.0882. The molecule has 0 radical (unpaired) electrons. The first kappa shape index (κ1) is 13.7. The van der Waals surface area contributed by atoms with Gasteiger partial charge in [-0.05, 0) is 47.3 Å². The van der Waals surface area contributed by atoms with Crippen molar-refractivity contribution in [3.05, 3.63) is 21.7 Å². The maximum absolute atomic E-state index is 5.99. The lowest BCUT2D eigenvalue weighted by Gasteiger charge is -2.42. The third kappa shape index (κ3) is 1.91. The van der Waals surface area contributed by atoms with Crippen LogP contribution in [0.1, 0.15) is 30.4 Å². The summed E-state index contributed by atoms with van der Waals surface area (Å²) in [5.74, 6) is 1.70. The van der Waals surface area contributed by atoms with E-state index in [4.69, 9.17) is 15.2 Å². The van der Waals surface area contributed by atoms with Crippen LogP contribution in [0.2, 0.25) is 0 Å². The molecule has 2 N–H and O–H groups in total. The van der Waals surface area contributed by atoms with Crippen LogP contribution in [0.15, 0.2) is 10.5 Å². The van der Waals surface area contributed by atoms with E-state index in [2.05, 4.69) is 28.9 Å². The SMILES string of the molecule is COc1c(C)cc(C2(CN)CCC2)c(OC)c1Br. The van der Waals surface area contributed by atoms with Gasteiger partial charge in [0, 0.05) is 17.5 Å². The number of rotatable bonds is 4. The molecule has 18 heavy (non-hydrogen) atoms. The Morgan fingerprint density at radius 2 is 1.89 bits per heavy atom. The lowest BCUT2D eigenvalue weighted by molar-refractivity contribution is 0.242. The van der Waals surface area contributed by atoms with Gasteiger partial charge >= 0.3 is 0 Å². The van der Waals surface area contributed by atoms with E-state index in [0.29, 0.717) is 6.54 Å². The maximum atomic E-state index is 5.99. The molecule has 3 nitrogen and oxygen atoms in total. The zero-order valence-electron chi connectivity index (χ0n) is 11.2. The maximum Gasteiger partial charge on any atom is 0.140 e. The highest BCUT2D eigenvalue weighted by Crippen LogP contribution is 2.51. The summed E-state index contributed by atoms with van der Waals surface area (Å²) < 4.78 is 11.9. The lowest BCUT2D eigenvalue weighted by atomic mass is 9.64. The highest BCUT2D eigenvalue weighted by atomic mass is 79.9. The Labute approximate surface area is 117 Å². The van der Waals surface area contributed by atoms with Gasteiger partial charge in [-0.1, -0.05) is 6.42 Å². The molecule has 1 aliphatic rings. The van der Waals surface area contributed by atoms with Crippen molar-refractivity contribution in [3.63, 3.8) is 0 Å². The summed E-state index contributed by atoms with van der Waals surface area (Å²) in [6.45, 7) is 2.72. The summed E-state index contributed by atoms with van der Waals surface area (Å²) in [5.41, 5.74) is 8.40. The zero-order valence-corrected chi connectivity index (χ0v) is 12.8. The van der Waals surface area contributed by atoms with Crippen molar-refractivity contribution in [2.24, 2.45) is 5.73 Å². The van der Waals surface area contributed by atoms with E-state index in [-0.39, 0.29) is 5.41 Å². The van der Waals surface area contributed by atoms with Gasteiger partial charge in [-0.25, -0.2) is 0 Å². The molecule has 1 aliphatic carbocycles. The fraction of sp³-hybridized carbons (Fsp3) is 0.571. The smallest absolute Gasteiger partial charge is 0.140 e. The van der Waals surface area contributed by atoms with Gasteiger partial charge in [-0.15, -0.1) is 0 Å². The Hall–Kier alpha value is -0.740. The third-order valence-corrected chi connectivity index (χ3v) is 4.76. The Balaban J connectivity index is 2.60. The average Bonchev–Trinajstić information content (AvgIpc) is 2.29. The minimum Gasteiger partial charge on any atom is -0.495 e. The van der Waals surface area contributed by atoms with Gasteiger partial charge in [0.05, 0.1) is 14.2 Å². The molecular weight excluding hydrogens is 294 g/mol. The van der Waals surface area contributed by atoms with E-state index in [0.717, 1.165) is 34.4 Å². The molecule has 0 aliphatic heterocycles. The second kappa shape index (κ2) is 5.10. The van der Waals surface area contributed by atoms with Crippen LogP contribution in [-0.2, 0) is 5.41 Å². The zero-order chi connectivity index (χ0) is 13.3. The first-order chi connectivity index (χ1) is 8.59. The lowest BCUT2D eigenvalue weighted by Crippen LogP contribution is -2.41. The summed E-state index contributed by atoms with van der Waals surface area (Å²) in [6.07, 6.45) is 3.51.